The van der Waals surface area contributed by atoms with Crippen molar-refractivity contribution < 1.29 is 27.9 Å². The Bertz CT molecular complexity index is 1440. The van der Waals surface area contributed by atoms with Crippen LogP contribution in [0.15, 0.2) is 42.7 Å². The highest BCUT2D eigenvalue weighted by Gasteiger charge is 2.30. The van der Waals surface area contributed by atoms with Crippen LogP contribution >= 0.6 is 11.3 Å². The third-order valence-corrected chi connectivity index (χ3v) is 7.03. The Balaban J connectivity index is 1.47. The summed E-state index contributed by atoms with van der Waals surface area (Å²) in [6.07, 6.45) is -1.80. The minimum atomic E-state index is -4.42. The molecule has 0 saturated carbocycles. The molecule has 38 heavy (non-hydrogen) atoms. The molecule has 0 atom stereocenters. The first-order valence-electron chi connectivity index (χ1n) is 11.5. The summed E-state index contributed by atoms with van der Waals surface area (Å²) in [7, 11) is 1.80. The van der Waals surface area contributed by atoms with Gasteiger partial charge in [0, 0.05) is 43.0 Å². The van der Waals surface area contributed by atoms with Crippen LogP contribution in [0.5, 0.6) is 0 Å². The molecular weight excluding hydrogens is 523 g/mol. The van der Waals surface area contributed by atoms with Gasteiger partial charge in [-0.05, 0) is 18.2 Å². The molecule has 1 aliphatic rings. The maximum Gasteiger partial charge on any atom is 0.416 e. The van der Waals surface area contributed by atoms with Crippen LogP contribution < -0.4 is 15.3 Å². The van der Waals surface area contributed by atoms with Crippen LogP contribution in [0, 0.1) is 0 Å². The Morgan fingerprint density at radius 1 is 1.16 bits per heavy atom. The van der Waals surface area contributed by atoms with Gasteiger partial charge in [0.2, 0.25) is 5.95 Å². The van der Waals surface area contributed by atoms with Crippen molar-refractivity contribution >= 4 is 39.2 Å². The molecule has 3 aromatic heterocycles. The first-order chi connectivity index (χ1) is 18.2. The van der Waals surface area contributed by atoms with Gasteiger partial charge in [0.25, 0.3) is 5.91 Å². The maximum absolute atomic E-state index is 13.0. The highest BCUT2D eigenvalue weighted by atomic mass is 32.1. The Morgan fingerprint density at radius 2 is 1.84 bits per heavy atom. The quantitative estimate of drug-likeness (QED) is 0.276. The number of carbonyl (C=O) groups excluding carboxylic acids is 1. The first kappa shape index (κ1) is 25.8. The summed E-state index contributed by atoms with van der Waals surface area (Å²) in [6, 6.07) is 6.74. The van der Waals surface area contributed by atoms with E-state index in [4.69, 9.17) is 14.9 Å². The lowest BCUT2D eigenvalue weighted by molar-refractivity contribution is -0.137. The van der Waals surface area contributed by atoms with E-state index < -0.39 is 17.6 Å². The predicted molar refractivity (Wildman–Crippen MR) is 134 cm³/mol. The number of thiophene rings is 1. The summed E-state index contributed by atoms with van der Waals surface area (Å²) in [6.45, 7) is 2.79. The number of fused-ring (bicyclic) bond motifs is 1. The standard InChI is InChI=1S/C24H22F3N7O3S/c1-33(23-28-11-15(12-29-23)22(35)32-36)13-17-10-18-19(38-17)21(34-6-8-37-9-7-34)31-20(30-18)14-2-4-16(5-3-14)24(25,26)27/h2-5,10-12,36H,6-9,13H2,1H3,(H,32,35). The molecule has 2 N–H and O–H groups in total. The van der Waals surface area contributed by atoms with E-state index in [0.717, 1.165) is 21.7 Å². The minimum absolute atomic E-state index is 0.118. The van der Waals surface area contributed by atoms with E-state index in [1.54, 1.807) is 11.9 Å². The number of carbonyl (C=O) groups is 1. The normalized spacial score (nSPS) is 14.1. The zero-order chi connectivity index (χ0) is 26.9. The third kappa shape index (κ3) is 5.37. The maximum atomic E-state index is 13.0. The van der Waals surface area contributed by atoms with E-state index >= 15 is 0 Å². The number of rotatable bonds is 6. The average Bonchev–Trinajstić information content (AvgIpc) is 3.34. The fourth-order valence-electron chi connectivity index (χ4n) is 3.97. The fourth-order valence-corrected chi connectivity index (χ4v) is 5.14. The minimum Gasteiger partial charge on any atom is -0.378 e. The number of anilines is 2. The number of halogens is 3. The smallest absolute Gasteiger partial charge is 0.378 e. The van der Waals surface area contributed by atoms with Crippen LogP contribution in [0.25, 0.3) is 21.6 Å². The molecule has 14 heteroatoms. The second kappa shape index (κ2) is 10.5. The molecule has 198 valence electrons. The molecule has 10 nitrogen and oxygen atoms in total. The van der Waals surface area contributed by atoms with Crippen LogP contribution in [0.4, 0.5) is 24.9 Å². The Hall–Kier alpha value is -3.88. The Labute approximate surface area is 218 Å². The highest BCUT2D eigenvalue weighted by Crippen LogP contribution is 2.36. The topological polar surface area (TPSA) is 117 Å². The molecule has 1 fully saturated rings. The van der Waals surface area contributed by atoms with Crippen molar-refractivity contribution in [2.75, 3.05) is 43.2 Å². The summed E-state index contributed by atoms with van der Waals surface area (Å²) in [4.78, 5) is 34.2. The Kier molecular flexibility index (Phi) is 7.10. The third-order valence-electron chi connectivity index (χ3n) is 5.92. The van der Waals surface area contributed by atoms with Crippen molar-refractivity contribution in [2.45, 2.75) is 12.7 Å². The summed E-state index contributed by atoms with van der Waals surface area (Å²) in [5.41, 5.74) is 2.09. The highest BCUT2D eigenvalue weighted by molar-refractivity contribution is 7.19. The number of benzene rings is 1. The number of aromatic nitrogens is 4. The van der Waals surface area contributed by atoms with Gasteiger partial charge in [-0.1, -0.05) is 12.1 Å². The average molecular weight is 546 g/mol. The van der Waals surface area contributed by atoms with Crippen LogP contribution in [0.2, 0.25) is 0 Å². The molecule has 1 saturated heterocycles. The van der Waals surface area contributed by atoms with Crippen LogP contribution in [-0.2, 0) is 17.5 Å². The number of ether oxygens (including phenoxy) is 1. The van der Waals surface area contributed by atoms with Gasteiger partial charge >= 0.3 is 6.18 Å². The molecule has 1 aromatic carbocycles. The van der Waals surface area contributed by atoms with Crippen molar-refractivity contribution in [2.24, 2.45) is 0 Å². The number of nitrogens with one attached hydrogen (secondary N) is 1. The lowest BCUT2D eigenvalue weighted by Gasteiger charge is -2.28. The van der Waals surface area contributed by atoms with Crippen molar-refractivity contribution in [3.63, 3.8) is 0 Å². The van der Waals surface area contributed by atoms with Gasteiger partial charge in [-0.3, -0.25) is 10.0 Å². The summed E-state index contributed by atoms with van der Waals surface area (Å²) >= 11 is 1.51. The van der Waals surface area contributed by atoms with Crippen molar-refractivity contribution in [3.05, 3.63) is 58.7 Å². The molecule has 4 heterocycles. The van der Waals surface area contributed by atoms with Gasteiger partial charge < -0.3 is 14.5 Å². The van der Waals surface area contributed by atoms with Crippen molar-refractivity contribution in [1.29, 1.82) is 0 Å². The van der Waals surface area contributed by atoms with Gasteiger partial charge in [0.15, 0.2) is 11.6 Å². The first-order valence-corrected chi connectivity index (χ1v) is 12.3. The van der Waals surface area contributed by atoms with Crippen LogP contribution in [0.3, 0.4) is 0 Å². The van der Waals surface area contributed by atoms with Gasteiger partial charge in [0.05, 0.1) is 41.1 Å². The van der Waals surface area contributed by atoms with E-state index in [-0.39, 0.29) is 5.56 Å². The SMILES string of the molecule is CN(Cc1cc2nc(-c3ccc(C(F)(F)F)cc3)nc(N3CCOCC3)c2s1)c1ncc(C(=O)NO)cn1. The second-order valence-corrected chi connectivity index (χ2v) is 9.68. The van der Waals surface area contributed by atoms with E-state index in [2.05, 4.69) is 19.9 Å². The van der Waals surface area contributed by atoms with Gasteiger partial charge in [-0.2, -0.15) is 13.2 Å². The molecular formula is C24H22F3N7O3S. The molecule has 4 aromatic rings. The zero-order valence-corrected chi connectivity index (χ0v) is 20.9. The summed E-state index contributed by atoms with van der Waals surface area (Å²) < 4.78 is 45.5. The number of amides is 1. The monoisotopic (exact) mass is 545 g/mol. The molecule has 1 amide bonds. The molecule has 5 rings (SSSR count). The van der Waals surface area contributed by atoms with Crippen molar-refractivity contribution in [3.8, 4) is 11.4 Å². The second-order valence-electron chi connectivity index (χ2n) is 8.54. The zero-order valence-electron chi connectivity index (χ0n) is 20.1. The molecule has 0 aliphatic carbocycles. The van der Waals surface area contributed by atoms with Gasteiger partial charge in [0.1, 0.15) is 0 Å². The molecule has 0 bridgehead atoms. The molecule has 0 radical (unpaired) electrons. The lowest BCUT2D eigenvalue weighted by atomic mass is 10.1. The number of nitrogens with zero attached hydrogens (tertiary/aromatic N) is 6. The lowest BCUT2D eigenvalue weighted by Crippen LogP contribution is -2.36. The number of hydrogen-bond acceptors (Lipinski definition) is 10. The number of morpholine rings is 1. The summed E-state index contributed by atoms with van der Waals surface area (Å²) in [5, 5.41) is 8.75. The van der Waals surface area contributed by atoms with Crippen LogP contribution in [0.1, 0.15) is 20.8 Å². The number of hydrogen-bond donors (Lipinski definition) is 2. The largest absolute Gasteiger partial charge is 0.416 e. The molecule has 0 spiro atoms. The fraction of sp³-hybridized carbons (Fsp3) is 0.292. The van der Waals surface area contributed by atoms with Crippen molar-refractivity contribution in [1.82, 2.24) is 25.4 Å². The van der Waals surface area contributed by atoms with Gasteiger partial charge in [-0.15, -0.1) is 11.3 Å². The number of alkyl halides is 3. The van der Waals surface area contributed by atoms with Gasteiger partial charge in [-0.25, -0.2) is 25.4 Å². The summed E-state index contributed by atoms with van der Waals surface area (Å²) in [5.74, 6) is 0.720. The number of hydroxylamine groups is 1. The predicted octanol–water partition coefficient (Wildman–Crippen LogP) is 3.76. The van der Waals surface area contributed by atoms with Crippen LogP contribution in [-0.4, -0.2) is 64.4 Å². The van der Waals surface area contributed by atoms with E-state index in [1.807, 2.05) is 6.07 Å². The molecule has 1 aliphatic heterocycles. The van der Waals surface area contributed by atoms with E-state index in [1.165, 1.54) is 41.3 Å². The Morgan fingerprint density at radius 3 is 2.47 bits per heavy atom. The van der Waals surface area contributed by atoms with E-state index in [0.29, 0.717) is 61.5 Å². The van der Waals surface area contributed by atoms with E-state index in [9.17, 15) is 18.0 Å². The molecule has 0 unspecified atom stereocenters.